The number of carbonyl (C=O) groups is 2. The zero-order valence-electron chi connectivity index (χ0n) is 13.9. The molecule has 3 N–H and O–H groups in total. The van der Waals surface area contributed by atoms with E-state index in [2.05, 4.69) is 5.32 Å². The van der Waals surface area contributed by atoms with Gasteiger partial charge in [-0.25, -0.2) is 4.39 Å². The highest BCUT2D eigenvalue weighted by Crippen LogP contribution is 2.24. The molecule has 0 bridgehead atoms. The highest BCUT2D eigenvalue weighted by atomic mass is 19.1. The summed E-state index contributed by atoms with van der Waals surface area (Å²) in [5.41, 5.74) is 6.14. The van der Waals surface area contributed by atoms with E-state index in [0.29, 0.717) is 25.4 Å². The Bertz CT molecular complexity index is 611. The van der Waals surface area contributed by atoms with Crippen LogP contribution in [0, 0.1) is 5.82 Å². The maximum absolute atomic E-state index is 14.3. The molecule has 0 radical (unpaired) electrons. The summed E-state index contributed by atoms with van der Waals surface area (Å²) in [5, 5.41) is 2.66. The number of hydrogen-bond acceptors (Lipinski definition) is 5. The lowest BCUT2D eigenvalue weighted by atomic mass is 10.2. The maximum atomic E-state index is 14.3. The summed E-state index contributed by atoms with van der Waals surface area (Å²) in [4.78, 5) is 27.2. The van der Waals surface area contributed by atoms with Gasteiger partial charge in [-0.05, 0) is 31.8 Å². The predicted octanol–water partition coefficient (Wildman–Crippen LogP) is 0.406. The number of hydrogen-bond donors (Lipinski definition) is 2. The van der Waals surface area contributed by atoms with Crippen molar-refractivity contribution >= 4 is 23.2 Å². The zero-order chi connectivity index (χ0) is 17.7. The second-order valence-electron chi connectivity index (χ2n) is 5.58. The van der Waals surface area contributed by atoms with E-state index in [9.17, 15) is 14.0 Å². The lowest BCUT2D eigenvalue weighted by molar-refractivity contribution is -0.125. The number of carbonyl (C=O) groups excluding carboxylic acids is 2. The number of nitrogens with one attached hydrogen (secondary N) is 1. The number of nitrogens with two attached hydrogens (primary N) is 1. The van der Waals surface area contributed by atoms with Gasteiger partial charge in [0.1, 0.15) is 18.5 Å². The van der Waals surface area contributed by atoms with E-state index < -0.39 is 11.9 Å². The topological polar surface area (TPSA) is 87.9 Å². The van der Waals surface area contributed by atoms with E-state index >= 15 is 0 Å². The molecule has 2 amide bonds. The lowest BCUT2D eigenvalue weighted by Gasteiger charge is -2.27. The average Bonchev–Trinajstić information content (AvgIpc) is 2.56. The minimum absolute atomic E-state index is 0.0561. The number of amides is 2. The van der Waals surface area contributed by atoms with Crippen LogP contribution in [0.25, 0.3) is 0 Å². The third kappa shape index (κ3) is 4.08. The van der Waals surface area contributed by atoms with Crippen molar-refractivity contribution in [2.45, 2.75) is 13.0 Å². The minimum atomic E-state index is -0.573. The van der Waals surface area contributed by atoms with Gasteiger partial charge in [0.2, 0.25) is 5.91 Å². The van der Waals surface area contributed by atoms with Crippen LogP contribution in [-0.2, 0) is 14.3 Å². The van der Waals surface area contributed by atoms with Crippen molar-refractivity contribution in [1.29, 1.82) is 0 Å². The third-order valence-corrected chi connectivity index (χ3v) is 4.05. The number of rotatable bonds is 6. The molecular formula is C16H23FN4O3. The monoisotopic (exact) mass is 338 g/mol. The molecule has 132 valence electrons. The summed E-state index contributed by atoms with van der Waals surface area (Å²) in [6.45, 7) is 3.37. The van der Waals surface area contributed by atoms with Crippen LogP contribution >= 0.6 is 0 Å². The minimum Gasteiger partial charge on any atom is -0.370 e. The van der Waals surface area contributed by atoms with Crippen molar-refractivity contribution in [3.63, 3.8) is 0 Å². The normalized spacial score (nSPS) is 16.4. The lowest BCUT2D eigenvalue weighted by Crippen LogP contribution is -2.46. The quantitative estimate of drug-likeness (QED) is 0.784. The standard InChI is InChI=1S/C16H23FN4O3/c1-3-20(2)14(9-18)16(23)19-11-4-5-13(12(17)8-11)21-6-7-24-10-15(21)22/h4-5,8,14H,3,6-7,9-10,18H2,1-2H3,(H,19,23)/t14-/m0/s1. The first kappa shape index (κ1) is 18.3. The summed E-state index contributed by atoms with van der Waals surface area (Å²) >= 11 is 0. The second-order valence-corrected chi connectivity index (χ2v) is 5.58. The molecule has 0 aromatic heterocycles. The van der Waals surface area contributed by atoms with E-state index in [1.807, 2.05) is 11.8 Å². The SMILES string of the molecule is CCN(C)[C@@H](CN)C(=O)Nc1ccc(N2CCOCC2=O)c(F)c1. The van der Waals surface area contributed by atoms with Crippen molar-refractivity contribution in [2.75, 3.05) is 50.1 Å². The molecule has 0 spiro atoms. The number of benzene rings is 1. The Morgan fingerprint density at radius 3 is 2.88 bits per heavy atom. The molecular weight excluding hydrogens is 315 g/mol. The average molecular weight is 338 g/mol. The molecule has 1 aromatic carbocycles. The van der Waals surface area contributed by atoms with Crippen molar-refractivity contribution in [2.24, 2.45) is 5.73 Å². The highest BCUT2D eigenvalue weighted by molar-refractivity contribution is 5.97. The molecule has 0 aliphatic carbocycles. The first-order chi connectivity index (χ1) is 11.5. The molecule has 0 unspecified atom stereocenters. The summed E-state index contributed by atoms with van der Waals surface area (Å²) in [7, 11) is 1.80. The fraction of sp³-hybridized carbons (Fsp3) is 0.500. The zero-order valence-corrected chi connectivity index (χ0v) is 13.9. The Kier molecular flexibility index (Phi) is 6.24. The molecule has 8 heteroatoms. The molecule has 1 heterocycles. The van der Waals surface area contributed by atoms with Gasteiger partial charge in [0.05, 0.1) is 12.3 Å². The molecule has 1 atom stereocenters. The molecule has 7 nitrogen and oxygen atoms in total. The smallest absolute Gasteiger partial charge is 0.253 e. The van der Waals surface area contributed by atoms with Crippen molar-refractivity contribution < 1.29 is 18.7 Å². The Morgan fingerprint density at radius 2 is 2.29 bits per heavy atom. The van der Waals surface area contributed by atoms with Crippen molar-refractivity contribution in [1.82, 2.24) is 4.90 Å². The van der Waals surface area contributed by atoms with Crippen LogP contribution in [0.15, 0.2) is 18.2 Å². The predicted molar refractivity (Wildman–Crippen MR) is 89.3 cm³/mol. The molecule has 1 saturated heterocycles. The Morgan fingerprint density at radius 1 is 1.54 bits per heavy atom. The van der Waals surface area contributed by atoms with Crippen LogP contribution in [0.5, 0.6) is 0 Å². The van der Waals surface area contributed by atoms with E-state index in [1.165, 1.54) is 17.0 Å². The number of nitrogens with zero attached hydrogens (tertiary/aromatic N) is 2. The van der Waals surface area contributed by atoms with Gasteiger partial charge in [0.25, 0.3) is 5.91 Å². The number of likely N-dealkylation sites (N-methyl/N-ethyl adjacent to an activating group) is 1. The molecule has 2 rings (SSSR count). The summed E-state index contributed by atoms with van der Waals surface area (Å²) in [6, 6.07) is 3.77. The molecule has 1 aliphatic heterocycles. The Balaban J connectivity index is 2.11. The van der Waals surface area contributed by atoms with Gasteiger partial charge in [-0.15, -0.1) is 0 Å². The number of anilines is 2. The fourth-order valence-corrected chi connectivity index (χ4v) is 2.51. The van der Waals surface area contributed by atoms with Crippen LogP contribution in [0.2, 0.25) is 0 Å². The number of halogens is 1. The maximum Gasteiger partial charge on any atom is 0.253 e. The Labute approximate surface area is 140 Å². The van der Waals surface area contributed by atoms with Crippen molar-refractivity contribution in [3.8, 4) is 0 Å². The van der Waals surface area contributed by atoms with Crippen LogP contribution in [0.1, 0.15) is 6.92 Å². The summed E-state index contributed by atoms with van der Waals surface area (Å²) < 4.78 is 19.4. The van der Waals surface area contributed by atoms with E-state index in [-0.39, 0.29) is 30.7 Å². The fourth-order valence-electron chi connectivity index (χ4n) is 2.51. The Hall–Kier alpha value is -2.03. The van der Waals surface area contributed by atoms with E-state index in [1.54, 1.807) is 13.1 Å². The third-order valence-electron chi connectivity index (χ3n) is 4.05. The molecule has 1 aromatic rings. The van der Waals surface area contributed by atoms with Gasteiger partial charge in [0, 0.05) is 18.8 Å². The van der Waals surface area contributed by atoms with Crippen LogP contribution in [-0.4, -0.2) is 62.7 Å². The molecule has 24 heavy (non-hydrogen) atoms. The van der Waals surface area contributed by atoms with Gasteiger partial charge in [-0.1, -0.05) is 6.92 Å². The highest BCUT2D eigenvalue weighted by Gasteiger charge is 2.24. The van der Waals surface area contributed by atoms with Crippen LogP contribution < -0.4 is 16.0 Å². The summed E-state index contributed by atoms with van der Waals surface area (Å²) in [5.74, 6) is -1.16. The largest absolute Gasteiger partial charge is 0.370 e. The van der Waals surface area contributed by atoms with Gasteiger partial charge in [0.15, 0.2) is 0 Å². The van der Waals surface area contributed by atoms with Crippen LogP contribution in [0.4, 0.5) is 15.8 Å². The molecule has 1 aliphatic rings. The van der Waals surface area contributed by atoms with Gasteiger partial charge >= 0.3 is 0 Å². The van der Waals surface area contributed by atoms with E-state index in [0.717, 1.165) is 0 Å². The van der Waals surface area contributed by atoms with Crippen molar-refractivity contribution in [3.05, 3.63) is 24.0 Å². The van der Waals surface area contributed by atoms with E-state index in [4.69, 9.17) is 10.5 Å². The molecule has 1 fully saturated rings. The van der Waals surface area contributed by atoms with Crippen LogP contribution in [0.3, 0.4) is 0 Å². The van der Waals surface area contributed by atoms with Gasteiger partial charge in [-0.2, -0.15) is 0 Å². The second kappa shape index (κ2) is 8.18. The number of ether oxygens (including phenoxy) is 1. The summed E-state index contributed by atoms with van der Waals surface area (Å²) in [6.07, 6.45) is 0. The first-order valence-electron chi connectivity index (χ1n) is 7.86. The first-order valence-corrected chi connectivity index (χ1v) is 7.86. The number of morpholine rings is 1. The molecule has 0 saturated carbocycles. The van der Waals surface area contributed by atoms with Gasteiger partial charge in [-0.3, -0.25) is 14.5 Å². The van der Waals surface area contributed by atoms with Gasteiger partial charge < -0.3 is 20.7 Å².